The maximum absolute atomic E-state index is 12.2. The van der Waals surface area contributed by atoms with E-state index in [4.69, 9.17) is 11.6 Å². The zero-order valence-electron chi connectivity index (χ0n) is 11.4. The fourth-order valence-electron chi connectivity index (χ4n) is 1.86. The number of hydrogen-bond acceptors (Lipinski definition) is 4. The Morgan fingerprint density at radius 3 is 2.76 bits per heavy atom. The first-order chi connectivity index (χ1) is 9.90. The van der Waals surface area contributed by atoms with Crippen LogP contribution in [0.2, 0.25) is 5.02 Å². The second-order valence-corrected chi connectivity index (χ2v) is 4.91. The Hall–Kier alpha value is -2.41. The smallest absolute Gasteiger partial charge is 0.271 e. The van der Waals surface area contributed by atoms with E-state index in [-0.39, 0.29) is 22.3 Å². The van der Waals surface area contributed by atoms with Crippen molar-refractivity contribution in [2.24, 2.45) is 0 Å². The molecule has 7 nitrogen and oxygen atoms in total. The van der Waals surface area contributed by atoms with Crippen molar-refractivity contribution in [3.05, 3.63) is 51.3 Å². The molecule has 0 bridgehead atoms. The molecular formula is C13H13ClN4O3. The fourth-order valence-corrected chi connectivity index (χ4v) is 2.02. The van der Waals surface area contributed by atoms with Crippen LogP contribution in [0.5, 0.6) is 0 Å². The number of carbonyl (C=O) groups excluding carboxylic acids is 1. The molecule has 0 saturated heterocycles. The van der Waals surface area contributed by atoms with Crippen LogP contribution in [0.15, 0.2) is 30.5 Å². The number of aromatic nitrogens is 2. The summed E-state index contributed by atoms with van der Waals surface area (Å²) in [5.74, 6) is -0.357. The number of anilines is 1. The Kier molecular flexibility index (Phi) is 4.23. The molecule has 0 radical (unpaired) electrons. The second-order valence-electron chi connectivity index (χ2n) is 4.50. The van der Waals surface area contributed by atoms with E-state index < -0.39 is 11.0 Å². The summed E-state index contributed by atoms with van der Waals surface area (Å²) in [6.07, 6.45) is 1.60. The number of amides is 1. The van der Waals surface area contributed by atoms with Crippen LogP contribution in [0.4, 0.5) is 11.4 Å². The predicted molar refractivity (Wildman–Crippen MR) is 78.4 cm³/mol. The van der Waals surface area contributed by atoms with Crippen LogP contribution < -0.4 is 5.32 Å². The first-order valence-corrected chi connectivity index (χ1v) is 6.53. The highest BCUT2D eigenvalue weighted by molar-refractivity contribution is 6.33. The normalized spacial score (nSPS) is 12.0. The molecule has 1 atom stereocenters. The van der Waals surface area contributed by atoms with E-state index in [2.05, 4.69) is 10.4 Å². The van der Waals surface area contributed by atoms with E-state index in [1.807, 2.05) is 6.92 Å². The molecule has 1 unspecified atom stereocenters. The van der Waals surface area contributed by atoms with Gasteiger partial charge in [0.25, 0.3) is 5.69 Å². The number of halogens is 1. The number of nitro groups is 1. The van der Waals surface area contributed by atoms with E-state index in [9.17, 15) is 14.9 Å². The predicted octanol–water partition coefficient (Wildman–Crippen LogP) is 2.95. The number of carbonyl (C=O) groups is 1. The van der Waals surface area contributed by atoms with Gasteiger partial charge in [0, 0.05) is 24.0 Å². The van der Waals surface area contributed by atoms with Crippen LogP contribution in [0.1, 0.15) is 18.7 Å². The van der Waals surface area contributed by atoms with Gasteiger partial charge in [-0.2, -0.15) is 5.10 Å². The summed E-state index contributed by atoms with van der Waals surface area (Å²) in [4.78, 5) is 22.4. The number of benzene rings is 1. The number of hydrogen-bond donors (Lipinski definition) is 1. The first kappa shape index (κ1) is 15.0. The van der Waals surface area contributed by atoms with Crippen LogP contribution in [-0.4, -0.2) is 20.6 Å². The maximum Gasteiger partial charge on any atom is 0.271 e. The number of nitrogens with one attached hydrogen (secondary N) is 1. The number of nitro benzene ring substituents is 1. The molecule has 0 spiro atoms. The molecular weight excluding hydrogens is 296 g/mol. The Morgan fingerprint density at radius 1 is 1.48 bits per heavy atom. The molecule has 2 rings (SSSR count). The van der Waals surface area contributed by atoms with E-state index in [0.717, 1.165) is 5.69 Å². The lowest BCUT2D eigenvalue weighted by Gasteiger charge is -2.15. The van der Waals surface area contributed by atoms with Crippen LogP contribution in [0.25, 0.3) is 0 Å². The summed E-state index contributed by atoms with van der Waals surface area (Å²) in [5, 5.41) is 17.6. The molecule has 1 amide bonds. The van der Waals surface area contributed by atoms with Crippen molar-refractivity contribution in [1.29, 1.82) is 0 Å². The van der Waals surface area contributed by atoms with Crippen molar-refractivity contribution in [3.63, 3.8) is 0 Å². The number of aryl methyl sites for hydroxylation is 1. The summed E-state index contributed by atoms with van der Waals surface area (Å²) in [6, 6.07) is 5.10. The molecule has 0 aliphatic rings. The molecule has 110 valence electrons. The van der Waals surface area contributed by atoms with Gasteiger partial charge in [-0.15, -0.1) is 0 Å². The van der Waals surface area contributed by atoms with Gasteiger partial charge in [0.15, 0.2) is 0 Å². The first-order valence-electron chi connectivity index (χ1n) is 6.15. The fraction of sp³-hybridized carbons (Fsp3) is 0.231. The van der Waals surface area contributed by atoms with Gasteiger partial charge in [0.05, 0.1) is 15.6 Å². The quantitative estimate of drug-likeness (QED) is 0.694. The summed E-state index contributed by atoms with van der Waals surface area (Å²) >= 11 is 5.95. The minimum atomic E-state index is -0.560. The summed E-state index contributed by atoms with van der Waals surface area (Å²) in [6.45, 7) is 3.51. The van der Waals surface area contributed by atoms with Gasteiger partial charge in [0.1, 0.15) is 6.04 Å². The van der Waals surface area contributed by atoms with Gasteiger partial charge in [-0.05, 0) is 26.0 Å². The molecule has 1 aromatic carbocycles. The zero-order valence-corrected chi connectivity index (χ0v) is 12.2. The van der Waals surface area contributed by atoms with Crippen molar-refractivity contribution < 1.29 is 9.72 Å². The lowest BCUT2D eigenvalue weighted by molar-refractivity contribution is -0.384. The molecule has 8 heteroatoms. The third-order valence-corrected chi connectivity index (χ3v) is 3.36. The lowest BCUT2D eigenvalue weighted by atomic mass is 10.2. The van der Waals surface area contributed by atoms with E-state index >= 15 is 0 Å². The van der Waals surface area contributed by atoms with Crippen molar-refractivity contribution in [1.82, 2.24) is 9.78 Å². The minimum absolute atomic E-state index is 0.141. The molecule has 21 heavy (non-hydrogen) atoms. The van der Waals surface area contributed by atoms with Crippen LogP contribution >= 0.6 is 11.6 Å². The van der Waals surface area contributed by atoms with Gasteiger partial charge >= 0.3 is 0 Å². The zero-order chi connectivity index (χ0) is 15.6. The highest BCUT2D eigenvalue weighted by Gasteiger charge is 2.19. The molecule has 0 aliphatic heterocycles. The van der Waals surface area contributed by atoms with E-state index in [1.165, 1.54) is 18.2 Å². The Morgan fingerprint density at radius 2 is 2.19 bits per heavy atom. The molecule has 0 saturated carbocycles. The SMILES string of the molecule is Cc1ccnn1C(C)C(=O)Nc1cc([N+](=O)[O-])ccc1Cl. The second kappa shape index (κ2) is 5.92. The standard InChI is InChI=1S/C13H13ClN4O3/c1-8-5-6-15-17(8)9(2)13(19)16-12-7-10(18(20)21)3-4-11(12)14/h3-7,9H,1-2H3,(H,16,19). The number of nitrogens with zero attached hydrogens (tertiary/aromatic N) is 3. The maximum atomic E-state index is 12.2. The molecule has 0 aliphatic carbocycles. The lowest BCUT2D eigenvalue weighted by Crippen LogP contribution is -2.25. The van der Waals surface area contributed by atoms with E-state index in [0.29, 0.717) is 0 Å². The number of rotatable bonds is 4. The van der Waals surface area contributed by atoms with Gasteiger partial charge < -0.3 is 5.32 Å². The third-order valence-electron chi connectivity index (χ3n) is 3.03. The summed E-state index contributed by atoms with van der Waals surface area (Å²) in [7, 11) is 0. The average molecular weight is 309 g/mol. The summed E-state index contributed by atoms with van der Waals surface area (Å²) < 4.78 is 1.56. The minimum Gasteiger partial charge on any atom is -0.323 e. The highest BCUT2D eigenvalue weighted by atomic mass is 35.5. The third kappa shape index (κ3) is 3.19. The molecule has 2 aromatic rings. The van der Waals surface area contributed by atoms with Crippen LogP contribution in [0.3, 0.4) is 0 Å². The molecule has 1 heterocycles. The van der Waals surface area contributed by atoms with Crippen molar-refractivity contribution >= 4 is 28.9 Å². The van der Waals surface area contributed by atoms with Gasteiger partial charge in [-0.3, -0.25) is 19.6 Å². The van der Waals surface area contributed by atoms with Crippen molar-refractivity contribution in [2.75, 3.05) is 5.32 Å². The monoisotopic (exact) mass is 308 g/mol. The van der Waals surface area contributed by atoms with Crippen molar-refractivity contribution in [2.45, 2.75) is 19.9 Å². The topological polar surface area (TPSA) is 90.1 Å². The average Bonchev–Trinajstić information content (AvgIpc) is 2.86. The largest absolute Gasteiger partial charge is 0.323 e. The Labute approximate surface area is 125 Å². The Balaban J connectivity index is 2.22. The Bertz CT molecular complexity index is 698. The van der Waals surface area contributed by atoms with Crippen LogP contribution in [-0.2, 0) is 4.79 Å². The van der Waals surface area contributed by atoms with Gasteiger partial charge in [0.2, 0.25) is 5.91 Å². The van der Waals surface area contributed by atoms with Gasteiger partial charge in [-0.25, -0.2) is 0 Å². The van der Waals surface area contributed by atoms with Crippen molar-refractivity contribution in [3.8, 4) is 0 Å². The molecule has 1 N–H and O–H groups in total. The number of non-ortho nitro benzene ring substituents is 1. The van der Waals surface area contributed by atoms with Crippen LogP contribution in [0, 0.1) is 17.0 Å². The summed E-state index contributed by atoms with van der Waals surface area (Å²) in [5.41, 5.74) is 0.896. The molecule has 1 aromatic heterocycles. The van der Waals surface area contributed by atoms with E-state index in [1.54, 1.807) is 23.9 Å². The van der Waals surface area contributed by atoms with Gasteiger partial charge in [-0.1, -0.05) is 11.6 Å². The highest BCUT2D eigenvalue weighted by Crippen LogP contribution is 2.27. The molecule has 0 fully saturated rings.